The van der Waals surface area contributed by atoms with Gasteiger partial charge in [-0.15, -0.1) is 10.1 Å². The van der Waals surface area contributed by atoms with E-state index >= 15 is 0 Å². The van der Waals surface area contributed by atoms with Crippen molar-refractivity contribution in [1.82, 2.24) is 9.97 Å². The van der Waals surface area contributed by atoms with E-state index in [0.717, 1.165) is 0 Å². The molecule has 0 saturated heterocycles. The number of rotatable bonds is 0. The summed E-state index contributed by atoms with van der Waals surface area (Å²) in [6, 6.07) is 1.52. The zero-order chi connectivity index (χ0) is 9.56. The maximum Gasteiger partial charge on any atom is 0.346 e. The Kier molecular flexibility index (Phi) is 6.76. The lowest BCUT2D eigenvalue weighted by molar-refractivity contribution is -0.742. The van der Waals surface area contributed by atoms with Gasteiger partial charge in [0, 0.05) is 6.20 Å². The lowest BCUT2D eigenvalue weighted by Gasteiger charge is -1.84. The topological polar surface area (TPSA) is 167 Å². The first-order chi connectivity index (χ1) is 5.52. The minimum atomic E-state index is -1.50. The average Bonchev–Trinajstić information content (AvgIpc) is 1.84. The van der Waals surface area contributed by atoms with Crippen molar-refractivity contribution in [2.24, 2.45) is 0 Å². The summed E-state index contributed by atoms with van der Waals surface area (Å²) >= 11 is 0. The summed E-state index contributed by atoms with van der Waals surface area (Å²) in [4.78, 5) is 24.2. The molecule has 0 radical (unpaired) electrons. The van der Waals surface area contributed by atoms with Crippen molar-refractivity contribution >= 4 is 5.82 Å². The number of aromatic nitrogens is 2. The van der Waals surface area contributed by atoms with Gasteiger partial charge in [-0.1, -0.05) is 0 Å². The largest absolute Gasteiger partial charge is 0.412 e. The Hall–Kier alpha value is -2.16. The van der Waals surface area contributed by atoms with Crippen LogP contribution in [-0.2, 0) is 0 Å². The maximum absolute atomic E-state index is 10.2. The third-order valence-electron chi connectivity index (χ3n) is 0.697. The summed E-state index contributed by atoms with van der Waals surface area (Å²) in [5.41, 5.74) is 4.75. The van der Waals surface area contributed by atoms with Gasteiger partial charge in [0.15, 0.2) is 0 Å². The van der Waals surface area contributed by atoms with E-state index in [9.17, 15) is 4.79 Å². The summed E-state index contributed by atoms with van der Waals surface area (Å²) in [6.07, 6.45) is 1.36. The summed E-state index contributed by atoms with van der Waals surface area (Å²) in [6.45, 7) is 0. The molecule has 0 spiro atoms. The maximum atomic E-state index is 10.2. The molecule has 74 valence electrons. The lowest BCUT2D eigenvalue weighted by Crippen LogP contribution is -2.10. The first-order valence-corrected chi connectivity index (χ1v) is 2.66. The van der Waals surface area contributed by atoms with E-state index < -0.39 is 10.8 Å². The number of hydrogen-bond donors (Lipinski definition) is 3. The Morgan fingerprint density at radius 3 is 2.38 bits per heavy atom. The fourth-order valence-electron chi connectivity index (χ4n) is 0.383. The zero-order valence-electron chi connectivity index (χ0n) is 6.30. The van der Waals surface area contributed by atoms with Crippen molar-refractivity contribution in [3.05, 3.63) is 32.9 Å². The van der Waals surface area contributed by atoms with E-state index in [0.29, 0.717) is 5.82 Å². The Bertz CT molecular complexity index is 305. The zero-order valence-corrected chi connectivity index (χ0v) is 6.30. The van der Waals surface area contributed by atoms with Gasteiger partial charge in [0.25, 0.3) is 5.09 Å². The molecule has 1 aromatic heterocycles. The molecule has 13 heavy (non-hydrogen) atoms. The van der Waals surface area contributed by atoms with Crippen LogP contribution in [0.1, 0.15) is 0 Å². The third kappa shape index (κ3) is 9.84. The van der Waals surface area contributed by atoms with E-state index in [2.05, 4.69) is 9.97 Å². The van der Waals surface area contributed by atoms with Crippen LogP contribution in [0.3, 0.4) is 0 Å². The molecule has 9 nitrogen and oxygen atoms in total. The lowest BCUT2D eigenvalue weighted by atomic mass is 10.6. The molecule has 0 aromatic carbocycles. The van der Waals surface area contributed by atoms with Crippen LogP contribution < -0.4 is 11.4 Å². The molecule has 0 aliphatic carbocycles. The smallest absolute Gasteiger partial charge is 0.346 e. The van der Waals surface area contributed by atoms with E-state index in [-0.39, 0.29) is 5.48 Å². The molecule has 9 heteroatoms. The van der Waals surface area contributed by atoms with Gasteiger partial charge in [-0.05, 0) is 6.07 Å². The van der Waals surface area contributed by atoms with Crippen LogP contribution in [0.4, 0.5) is 5.82 Å². The van der Waals surface area contributed by atoms with Gasteiger partial charge in [0.2, 0.25) is 0 Å². The Balaban J connectivity index is 0. The van der Waals surface area contributed by atoms with Crippen molar-refractivity contribution < 1.29 is 15.8 Å². The van der Waals surface area contributed by atoms with Gasteiger partial charge in [0.05, 0.1) is 0 Å². The fourth-order valence-corrected chi connectivity index (χ4v) is 0.383. The van der Waals surface area contributed by atoms with E-state index in [1.165, 1.54) is 12.3 Å². The van der Waals surface area contributed by atoms with Gasteiger partial charge in [-0.25, -0.2) is 9.78 Å². The van der Waals surface area contributed by atoms with Gasteiger partial charge in [-0.3, -0.25) is 4.98 Å². The number of nitrogens with zero attached hydrogens (tertiary/aromatic N) is 2. The number of anilines is 1. The molecular formula is C4H8N4O5. The number of nitrogen functional groups attached to an aromatic ring is 1. The molecule has 0 unspecified atom stereocenters. The fraction of sp³-hybridized carbons (Fsp3) is 0. The van der Waals surface area contributed by atoms with Crippen LogP contribution in [0, 0.1) is 10.1 Å². The van der Waals surface area contributed by atoms with Crippen LogP contribution in [0.2, 0.25) is 0 Å². The number of aromatic amines is 1. The highest BCUT2D eigenvalue weighted by atomic mass is 16.9. The molecule has 1 heterocycles. The highest BCUT2D eigenvalue weighted by molar-refractivity contribution is 5.22. The van der Waals surface area contributed by atoms with Crippen LogP contribution >= 0.6 is 0 Å². The van der Waals surface area contributed by atoms with E-state index in [1.807, 2.05) is 0 Å². The molecular weight excluding hydrogens is 184 g/mol. The summed E-state index contributed by atoms with van der Waals surface area (Å²) in [5.74, 6) is 0.338. The summed E-state index contributed by atoms with van der Waals surface area (Å²) in [7, 11) is 0. The molecule has 0 fully saturated rings. The molecule has 0 saturated carbocycles. The second kappa shape index (κ2) is 6.54. The molecule has 0 atom stereocenters. The SMILES string of the molecule is Nc1ccnc(=O)[nH]1.O.O=[N+]([O-])O. The quantitative estimate of drug-likeness (QED) is 0.323. The van der Waals surface area contributed by atoms with Crippen molar-refractivity contribution in [1.29, 1.82) is 0 Å². The van der Waals surface area contributed by atoms with Gasteiger partial charge in [0.1, 0.15) is 5.82 Å². The second-order valence-electron chi connectivity index (χ2n) is 1.57. The van der Waals surface area contributed by atoms with Crippen molar-refractivity contribution in [3.8, 4) is 0 Å². The van der Waals surface area contributed by atoms with Crippen LogP contribution in [0.5, 0.6) is 0 Å². The van der Waals surface area contributed by atoms with Crippen molar-refractivity contribution in [2.45, 2.75) is 0 Å². The predicted molar refractivity (Wildman–Crippen MR) is 41.7 cm³/mol. The van der Waals surface area contributed by atoms with Crippen LogP contribution in [-0.4, -0.2) is 25.7 Å². The first kappa shape index (κ1) is 13.4. The molecule has 6 N–H and O–H groups in total. The molecule has 0 amide bonds. The summed E-state index contributed by atoms with van der Waals surface area (Å²) < 4.78 is 0. The predicted octanol–water partition coefficient (Wildman–Crippen LogP) is -1.82. The standard InChI is InChI=1S/C4H5N3O.HNO3.H2O/c5-3-1-2-6-4(8)7-3;2-1(3)4;/h1-2H,(H3,5,6,7,8);(H,2,3,4);1H2. The van der Waals surface area contributed by atoms with E-state index in [4.69, 9.17) is 21.1 Å². The number of nitrogens with two attached hydrogens (primary N) is 1. The van der Waals surface area contributed by atoms with Crippen LogP contribution in [0.15, 0.2) is 17.1 Å². The second-order valence-corrected chi connectivity index (χ2v) is 1.57. The third-order valence-corrected chi connectivity index (χ3v) is 0.697. The Morgan fingerprint density at radius 1 is 1.69 bits per heavy atom. The minimum absolute atomic E-state index is 0. The van der Waals surface area contributed by atoms with Gasteiger partial charge < -0.3 is 16.4 Å². The normalized spacial score (nSPS) is 7.38. The molecule has 1 rings (SSSR count). The number of hydrogen-bond acceptors (Lipinski definition) is 5. The molecule has 0 bridgehead atoms. The van der Waals surface area contributed by atoms with E-state index in [1.54, 1.807) is 0 Å². The van der Waals surface area contributed by atoms with Crippen molar-refractivity contribution in [3.63, 3.8) is 0 Å². The van der Waals surface area contributed by atoms with Gasteiger partial charge >= 0.3 is 5.69 Å². The molecule has 0 aliphatic heterocycles. The van der Waals surface area contributed by atoms with Crippen LogP contribution in [0.25, 0.3) is 0 Å². The highest BCUT2D eigenvalue weighted by Gasteiger charge is 1.80. The summed E-state index contributed by atoms with van der Waals surface area (Å²) in [5, 5.41) is 13.6. The number of H-pyrrole nitrogens is 1. The van der Waals surface area contributed by atoms with Crippen molar-refractivity contribution in [2.75, 3.05) is 5.73 Å². The minimum Gasteiger partial charge on any atom is -0.412 e. The highest BCUT2D eigenvalue weighted by Crippen LogP contribution is 1.82. The molecule has 1 aromatic rings. The average molecular weight is 192 g/mol. The van der Waals surface area contributed by atoms with Gasteiger partial charge in [-0.2, -0.15) is 0 Å². The Morgan fingerprint density at radius 2 is 2.15 bits per heavy atom. The first-order valence-electron chi connectivity index (χ1n) is 2.66. The number of nitrogens with one attached hydrogen (secondary N) is 1. The monoisotopic (exact) mass is 192 g/mol. The Labute approximate surface area is 71.3 Å². The molecule has 0 aliphatic rings.